The number of hydrogen-bond donors (Lipinski definition) is 1. The van der Waals surface area contributed by atoms with Crippen molar-refractivity contribution in [3.63, 3.8) is 0 Å². The molecule has 86 valence electrons. The maximum absolute atomic E-state index is 6.06. The highest BCUT2D eigenvalue weighted by atomic mass is 32.2. The molecule has 0 aliphatic rings. The van der Waals surface area contributed by atoms with E-state index in [-0.39, 0.29) is 6.04 Å². The monoisotopic (exact) mass is 228 g/mol. The summed E-state index contributed by atoms with van der Waals surface area (Å²) in [5.41, 5.74) is 6.06. The molecule has 4 nitrogen and oxygen atoms in total. The van der Waals surface area contributed by atoms with Crippen LogP contribution in [0.5, 0.6) is 0 Å². The van der Waals surface area contributed by atoms with Crippen molar-refractivity contribution in [2.45, 2.75) is 32.2 Å². The van der Waals surface area contributed by atoms with E-state index in [1.807, 2.05) is 7.05 Å². The highest BCUT2D eigenvalue weighted by molar-refractivity contribution is 7.98. The van der Waals surface area contributed by atoms with Crippen LogP contribution in [0.2, 0.25) is 0 Å². The Kier molecular flexibility index (Phi) is 4.60. The molecule has 0 amide bonds. The third-order valence-electron chi connectivity index (χ3n) is 2.29. The first kappa shape index (κ1) is 12.5. The molecule has 0 radical (unpaired) electrons. The van der Waals surface area contributed by atoms with Gasteiger partial charge in [-0.3, -0.25) is 4.68 Å². The smallest absolute Gasteiger partial charge is 0.153 e. The van der Waals surface area contributed by atoms with Gasteiger partial charge in [0.05, 0.1) is 6.04 Å². The number of rotatable bonds is 5. The maximum Gasteiger partial charge on any atom is 0.153 e. The SMILES string of the molecule is CSCCC(N)c1nc(C(C)C)nn1C. The van der Waals surface area contributed by atoms with E-state index in [1.54, 1.807) is 16.4 Å². The van der Waals surface area contributed by atoms with E-state index in [4.69, 9.17) is 5.73 Å². The van der Waals surface area contributed by atoms with Crippen molar-refractivity contribution in [2.75, 3.05) is 12.0 Å². The standard InChI is InChI=1S/C10H20N4S/c1-7(2)9-12-10(14(3)13-9)8(11)5-6-15-4/h7-8H,5-6,11H2,1-4H3. The molecular formula is C10H20N4S. The first-order valence-electron chi connectivity index (χ1n) is 5.21. The van der Waals surface area contributed by atoms with Gasteiger partial charge in [-0.25, -0.2) is 4.98 Å². The fraction of sp³-hybridized carbons (Fsp3) is 0.800. The van der Waals surface area contributed by atoms with E-state index in [0.717, 1.165) is 23.8 Å². The van der Waals surface area contributed by atoms with Gasteiger partial charge in [-0.2, -0.15) is 16.9 Å². The molecule has 0 aromatic carbocycles. The van der Waals surface area contributed by atoms with Crippen LogP contribution in [0.4, 0.5) is 0 Å². The van der Waals surface area contributed by atoms with Gasteiger partial charge in [0.1, 0.15) is 5.82 Å². The molecule has 0 saturated carbocycles. The normalized spacial score (nSPS) is 13.5. The predicted octanol–water partition coefficient (Wildman–Crippen LogP) is 1.69. The average Bonchev–Trinajstić information content (AvgIpc) is 2.57. The largest absolute Gasteiger partial charge is 0.321 e. The summed E-state index contributed by atoms with van der Waals surface area (Å²) < 4.78 is 1.81. The van der Waals surface area contributed by atoms with Crippen LogP contribution in [-0.4, -0.2) is 26.8 Å². The summed E-state index contributed by atoms with van der Waals surface area (Å²) in [4.78, 5) is 4.48. The molecule has 15 heavy (non-hydrogen) atoms. The number of aryl methyl sites for hydroxylation is 1. The summed E-state index contributed by atoms with van der Waals surface area (Å²) >= 11 is 1.81. The Morgan fingerprint density at radius 2 is 2.13 bits per heavy atom. The second-order valence-electron chi connectivity index (χ2n) is 3.99. The summed E-state index contributed by atoms with van der Waals surface area (Å²) in [5, 5.41) is 4.36. The van der Waals surface area contributed by atoms with Gasteiger partial charge in [-0.05, 0) is 18.4 Å². The third-order valence-corrected chi connectivity index (χ3v) is 2.94. The Balaban J connectivity index is 2.75. The molecule has 1 atom stereocenters. The van der Waals surface area contributed by atoms with E-state index in [0.29, 0.717) is 5.92 Å². The minimum atomic E-state index is 0.00227. The molecular weight excluding hydrogens is 208 g/mol. The van der Waals surface area contributed by atoms with Crippen LogP contribution >= 0.6 is 11.8 Å². The molecule has 0 aliphatic carbocycles. The lowest BCUT2D eigenvalue weighted by Crippen LogP contribution is -2.16. The van der Waals surface area contributed by atoms with Crippen LogP contribution < -0.4 is 5.73 Å². The van der Waals surface area contributed by atoms with Crippen molar-refractivity contribution in [3.05, 3.63) is 11.6 Å². The quantitative estimate of drug-likeness (QED) is 0.833. The highest BCUT2D eigenvalue weighted by Gasteiger charge is 2.15. The number of thioether (sulfide) groups is 1. The number of aromatic nitrogens is 3. The van der Waals surface area contributed by atoms with Crippen molar-refractivity contribution in [1.29, 1.82) is 0 Å². The van der Waals surface area contributed by atoms with Gasteiger partial charge in [-0.15, -0.1) is 0 Å². The fourth-order valence-electron chi connectivity index (χ4n) is 1.36. The minimum absolute atomic E-state index is 0.00227. The van der Waals surface area contributed by atoms with Gasteiger partial charge in [-0.1, -0.05) is 13.8 Å². The molecule has 1 aromatic rings. The zero-order valence-corrected chi connectivity index (χ0v) is 10.7. The molecule has 0 saturated heterocycles. The zero-order chi connectivity index (χ0) is 11.4. The van der Waals surface area contributed by atoms with Crippen molar-refractivity contribution < 1.29 is 0 Å². The van der Waals surface area contributed by atoms with Crippen LogP contribution in [0.1, 0.15) is 43.9 Å². The van der Waals surface area contributed by atoms with Crippen molar-refractivity contribution in [3.8, 4) is 0 Å². The van der Waals surface area contributed by atoms with Crippen LogP contribution in [0.3, 0.4) is 0 Å². The van der Waals surface area contributed by atoms with Crippen LogP contribution in [0, 0.1) is 0 Å². The first-order valence-corrected chi connectivity index (χ1v) is 6.61. The summed E-state index contributed by atoms with van der Waals surface area (Å²) in [6.07, 6.45) is 3.04. The molecule has 0 fully saturated rings. The Morgan fingerprint density at radius 3 is 2.60 bits per heavy atom. The minimum Gasteiger partial charge on any atom is -0.321 e. The van der Waals surface area contributed by atoms with E-state index < -0.39 is 0 Å². The highest BCUT2D eigenvalue weighted by Crippen LogP contribution is 2.16. The van der Waals surface area contributed by atoms with Crippen LogP contribution in [0.25, 0.3) is 0 Å². The van der Waals surface area contributed by atoms with Gasteiger partial charge in [0.15, 0.2) is 5.82 Å². The molecule has 1 rings (SSSR count). The summed E-state index contributed by atoms with van der Waals surface area (Å²) in [6.45, 7) is 4.18. The second-order valence-corrected chi connectivity index (χ2v) is 4.98. The van der Waals surface area contributed by atoms with Gasteiger partial charge in [0.25, 0.3) is 0 Å². The lowest BCUT2D eigenvalue weighted by atomic mass is 10.2. The third kappa shape index (κ3) is 3.21. The van der Waals surface area contributed by atoms with Crippen molar-refractivity contribution in [2.24, 2.45) is 12.8 Å². The van der Waals surface area contributed by atoms with Gasteiger partial charge >= 0.3 is 0 Å². The first-order chi connectivity index (χ1) is 7.06. The average molecular weight is 228 g/mol. The molecule has 1 unspecified atom stereocenters. The summed E-state index contributed by atoms with van der Waals surface area (Å²) in [6, 6.07) is 0.00227. The number of nitrogens with two attached hydrogens (primary N) is 1. The molecule has 0 bridgehead atoms. The molecule has 5 heteroatoms. The van der Waals surface area contributed by atoms with Crippen molar-refractivity contribution >= 4 is 11.8 Å². The topological polar surface area (TPSA) is 56.7 Å². The van der Waals surface area contributed by atoms with Crippen molar-refractivity contribution in [1.82, 2.24) is 14.8 Å². The number of hydrogen-bond acceptors (Lipinski definition) is 4. The van der Waals surface area contributed by atoms with Crippen LogP contribution in [0.15, 0.2) is 0 Å². The molecule has 1 aromatic heterocycles. The predicted molar refractivity (Wildman–Crippen MR) is 65.0 cm³/mol. The molecule has 0 aliphatic heterocycles. The van der Waals surface area contributed by atoms with E-state index in [2.05, 4.69) is 30.2 Å². The zero-order valence-electron chi connectivity index (χ0n) is 9.90. The number of nitrogens with zero attached hydrogens (tertiary/aromatic N) is 3. The summed E-state index contributed by atoms with van der Waals surface area (Å²) in [7, 11) is 1.91. The second kappa shape index (κ2) is 5.51. The van der Waals surface area contributed by atoms with E-state index in [9.17, 15) is 0 Å². The Labute approximate surface area is 95.6 Å². The Hall–Kier alpha value is -0.550. The molecule has 1 heterocycles. The van der Waals surface area contributed by atoms with E-state index >= 15 is 0 Å². The molecule has 2 N–H and O–H groups in total. The Morgan fingerprint density at radius 1 is 1.47 bits per heavy atom. The molecule has 0 spiro atoms. The van der Waals surface area contributed by atoms with E-state index in [1.165, 1.54) is 0 Å². The fourth-order valence-corrected chi connectivity index (χ4v) is 1.85. The van der Waals surface area contributed by atoms with Gasteiger partial charge < -0.3 is 5.73 Å². The maximum atomic E-state index is 6.06. The lowest BCUT2D eigenvalue weighted by molar-refractivity contribution is 0.592. The van der Waals surface area contributed by atoms with Gasteiger partial charge in [0, 0.05) is 13.0 Å². The lowest BCUT2D eigenvalue weighted by Gasteiger charge is -2.08. The summed E-state index contributed by atoms with van der Waals surface area (Å²) in [5.74, 6) is 3.20. The van der Waals surface area contributed by atoms with Gasteiger partial charge in [0.2, 0.25) is 0 Å². The Bertz CT molecular complexity index is 308. The van der Waals surface area contributed by atoms with Crippen LogP contribution in [-0.2, 0) is 7.05 Å².